The van der Waals surface area contributed by atoms with E-state index in [1.807, 2.05) is 18.2 Å². The van der Waals surface area contributed by atoms with Crippen molar-refractivity contribution in [3.8, 4) is 0 Å². The second-order valence-electron chi connectivity index (χ2n) is 6.26. The second-order valence-corrected chi connectivity index (χ2v) is 6.26. The average Bonchev–Trinajstić information content (AvgIpc) is 3.09. The van der Waals surface area contributed by atoms with Gasteiger partial charge in [0.1, 0.15) is 11.4 Å². The van der Waals surface area contributed by atoms with Crippen LogP contribution in [0.4, 0.5) is 0 Å². The van der Waals surface area contributed by atoms with Crippen LogP contribution in [0.5, 0.6) is 0 Å². The van der Waals surface area contributed by atoms with E-state index in [2.05, 4.69) is 15.3 Å². The number of fused-ring (bicyclic) bond motifs is 1. The van der Waals surface area contributed by atoms with Crippen LogP contribution in [0.25, 0.3) is 0 Å². The molecule has 0 radical (unpaired) electrons. The van der Waals surface area contributed by atoms with Gasteiger partial charge in [0.15, 0.2) is 11.9 Å². The Bertz CT molecular complexity index is 684. The second kappa shape index (κ2) is 5.68. The molecule has 0 aromatic carbocycles. The molecule has 2 N–H and O–H groups in total. The molecule has 0 bridgehead atoms. The molecule has 1 fully saturated rings. The van der Waals surface area contributed by atoms with Gasteiger partial charge in [-0.25, -0.2) is 4.79 Å². The van der Waals surface area contributed by atoms with Gasteiger partial charge < -0.3 is 15.2 Å². The van der Waals surface area contributed by atoms with Crippen molar-refractivity contribution in [1.29, 1.82) is 0 Å². The van der Waals surface area contributed by atoms with Gasteiger partial charge in [0.2, 0.25) is 0 Å². The van der Waals surface area contributed by atoms with Crippen LogP contribution in [0.15, 0.2) is 40.7 Å². The highest BCUT2D eigenvalue weighted by molar-refractivity contribution is 6.21. The smallest absolute Gasteiger partial charge is 0.346 e. The van der Waals surface area contributed by atoms with E-state index in [1.54, 1.807) is 6.20 Å². The third-order valence-electron chi connectivity index (χ3n) is 4.72. The number of nitrogens with one attached hydrogen (secondary N) is 1. The predicted octanol–water partition coefficient (Wildman–Crippen LogP) is 1.67. The standard InChI is InChI=1S/C17H19N3O3/c21-15-13(9-10-5-3-4-8-18-10)23-17(22)14(15)16-19-11-6-1-2-7-12(11)20-16/h3-5,8,11-13,21H,1-2,6-7,9H2,(H,19,20). The summed E-state index contributed by atoms with van der Waals surface area (Å²) in [6.07, 6.45) is 5.79. The van der Waals surface area contributed by atoms with E-state index in [9.17, 15) is 9.90 Å². The molecule has 2 aliphatic heterocycles. The lowest BCUT2D eigenvalue weighted by Crippen LogP contribution is -2.37. The minimum atomic E-state index is -0.681. The third-order valence-corrected chi connectivity index (χ3v) is 4.72. The fourth-order valence-electron chi connectivity index (χ4n) is 3.52. The minimum Gasteiger partial charge on any atom is -0.507 e. The number of cyclic esters (lactones) is 1. The maximum absolute atomic E-state index is 12.2. The van der Waals surface area contributed by atoms with Crippen LogP contribution in [-0.2, 0) is 16.0 Å². The molecule has 3 heterocycles. The first-order valence-corrected chi connectivity index (χ1v) is 8.11. The van der Waals surface area contributed by atoms with Crippen LogP contribution in [-0.4, -0.2) is 40.1 Å². The van der Waals surface area contributed by atoms with Crippen LogP contribution >= 0.6 is 0 Å². The topological polar surface area (TPSA) is 83.8 Å². The zero-order valence-corrected chi connectivity index (χ0v) is 12.7. The van der Waals surface area contributed by atoms with Crippen LogP contribution in [0.2, 0.25) is 0 Å². The number of nitrogens with zero attached hydrogens (tertiary/aromatic N) is 2. The number of carbonyl (C=O) groups is 1. The number of esters is 1. The maximum atomic E-state index is 12.2. The van der Waals surface area contributed by atoms with Crippen molar-refractivity contribution in [1.82, 2.24) is 10.3 Å². The number of rotatable bonds is 3. The molecule has 1 aromatic rings. The number of aliphatic hydroxyl groups excluding tert-OH is 1. The summed E-state index contributed by atoms with van der Waals surface area (Å²) >= 11 is 0. The lowest BCUT2D eigenvalue weighted by Gasteiger charge is -2.23. The van der Waals surface area contributed by atoms with Gasteiger partial charge in [-0.1, -0.05) is 18.9 Å². The first-order valence-electron chi connectivity index (χ1n) is 8.11. The van der Waals surface area contributed by atoms with Crippen molar-refractivity contribution in [3.05, 3.63) is 41.4 Å². The van der Waals surface area contributed by atoms with Crippen molar-refractivity contribution in [2.24, 2.45) is 4.99 Å². The fraction of sp³-hybridized carbons (Fsp3) is 0.471. The van der Waals surface area contributed by atoms with Gasteiger partial charge >= 0.3 is 5.97 Å². The first kappa shape index (κ1) is 14.2. The molecule has 0 amide bonds. The predicted molar refractivity (Wildman–Crippen MR) is 84.1 cm³/mol. The molecule has 3 atom stereocenters. The number of carbonyl (C=O) groups excluding carboxylic acids is 1. The molecule has 120 valence electrons. The monoisotopic (exact) mass is 313 g/mol. The van der Waals surface area contributed by atoms with E-state index in [1.165, 1.54) is 6.42 Å². The van der Waals surface area contributed by atoms with E-state index in [0.717, 1.165) is 25.0 Å². The lowest BCUT2D eigenvalue weighted by atomic mass is 9.92. The summed E-state index contributed by atoms with van der Waals surface area (Å²) in [4.78, 5) is 21.0. The number of aliphatic imine (C=N–C) groups is 1. The maximum Gasteiger partial charge on any atom is 0.346 e. The van der Waals surface area contributed by atoms with E-state index in [0.29, 0.717) is 12.3 Å². The van der Waals surface area contributed by atoms with Crippen molar-refractivity contribution in [3.63, 3.8) is 0 Å². The van der Waals surface area contributed by atoms with Crippen molar-refractivity contribution in [2.45, 2.75) is 50.3 Å². The number of ether oxygens (including phenoxy) is 1. The van der Waals surface area contributed by atoms with Gasteiger partial charge in [0.05, 0.1) is 6.04 Å². The molecule has 4 rings (SSSR count). The molecule has 0 saturated heterocycles. The number of hydrogen-bond acceptors (Lipinski definition) is 6. The van der Waals surface area contributed by atoms with Gasteiger partial charge in [0.25, 0.3) is 0 Å². The minimum absolute atomic E-state index is 0.0365. The Labute approximate surface area is 134 Å². The van der Waals surface area contributed by atoms with Crippen LogP contribution < -0.4 is 5.32 Å². The largest absolute Gasteiger partial charge is 0.507 e. The summed E-state index contributed by atoms with van der Waals surface area (Å²) in [5.41, 5.74) is 0.966. The molecule has 6 heteroatoms. The molecular weight excluding hydrogens is 294 g/mol. The fourth-order valence-corrected chi connectivity index (χ4v) is 3.52. The molecule has 3 unspecified atom stereocenters. The van der Waals surface area contributed by atoms with Gasteiger partial charge in [-0.3, -0.25) is 9.98 Å². The Morgan fingerprint density at radius 2 is 2.17 bits per heavy atom. The summed E-state index contributed by atoms with van der Waals surface area (Å²) in [6, 6.07) is 6.03. The molecule has 1 saturated carbocycles. The quantitative estimate of drug-likeness (QED) is 0.829. The van der Waals surface area contributed by atoms with Crippen molar-refractivity contribution in [2.75, 3.05) is 0 Å². The third kappa shape index (κ3) is 2.58. The van der Waals surface area contributed by atoms with E-state index in [4.69, 9.17) is 4.74 Å². The molecule has 1 aliphatic carbocycles. The number of aliphatic hydroxyl groups is 1. The molecule has 1 aromatic heterocycles. The van der Waals surface area contributed by atoms with Gasteiger partial charge in [-0.2, -0.15) is 0 Å². The van der Waals surface area contributed by atoms with Crippen molar-refractivity contribution >= 4 is 11.8 Å². The van der Waals surface area contributed by atoms with Gasteiger partial charge in [-0.05, 0) is 25.0 Å². The summed E-state index contributed by atoms with van der Waals surface area (Å²) in [5, 5.41) is 13.8. The highest BCUT2D eigenvalue weighted by atomic mass is 16.6. The Morgan fingerprint density at radius 3 is 2.96 bits per heavy atom. The highest BCUT2D eigenvalue weighted by Gasteiger charge is 2.41. The zero-order chi connectivity index (χ0) is 15.8. The molecule has 6 nitrogen and oxygen atoms in total. The number of aromatic nitrogens is 1. The number of amidine groups is 1. The van der Waals surface area contributed by atoms with Crippen LogP contribution in [0.3, 0.4) is 0 Å². The Morgan fingerprint density at radius 1 is 1.30 bits per heavy atom. The summed E-state index contributed by atoms with van der Waals surface area (Å²) in [7, 11) is 0. The van der Waals surface area contributed by atoms with Gasteiger partial charge in [-0.15, -0.1) is 0 Å². The highest BCUT2D eigenvalue weighted by Crippen LogP contribution is 2.30. The molecule has 3 aliphatic rings. The van der Waals surface area contributed by atoms with E-state index in [-0.39, 0.29) is 23.4 Å². The zero-order valence-electron chi connectivity index (χ0n) is 12.7. The SMILES string of the molecule is O=C1OC(Cc2ccccn2)C(O)=C1C1=NC2CCCCC2N1. The first-order chi connectivity index (χ1) is 11.2. The summed E-state index contributed by atoms with van der Waals surface area (Å²) in [5.74, 6) is -0.0493. The van der Waals surface area contributed by atoms with E-state index >= 15 is 0 Å². The molecule has 23 heavy (non-hydrogen) atoms. The van der Waals surface area contributed by atoms with Crippen molar-refractivity contribution < 1.29 is 14.6 Å². The molecule has 0 spiro atoms. The number of pyridine rings is 1. The lowest BCUT2D eigenvalue weighted by molar-refractivity contribution is -0.139. The Hall–Kier alpha value is -2.37. The Kier molecular flexibility index (Phi) is 3.52. The average molecular weight is 313 g/mol. The van der Waals surface area contributed by atoms with Crippen LogP contribution in [0.1, 0.15) is 31.4 Å². The van der Waals surface area contributed by atoms with Gasteiger partial charge in [0, 0.05) is 24.4 Å². The number of hydrogen-bond donors (Lipinski definition) is 2. The van der Waals surface area contributed by atoms with E-state index < -0.39 is 12.1 Å². The van der Waals surface area contributed by atoms with Crippen LogP contribution in [0, 0.1) is 0 Å². The Balaban J connectivity index is 1.56. The summed E-state index contributed by atoms with van der Waals surface area (Å²) in [6.45, 7) is 0. The normalized spacial score (nSPS) is 29.8. The molecular formula is C17H19N3O3. The summed E-state index contributed by atoms with van der Waals surface area (Å²) < 4.78 is 5.33.